The number of ether oxygens (including phenoxy) is 1. The smallest absolute Gasteiger partial charge is 0.212 e. The second-order valence-corrected chi connectivity index (χ2v) is 7.10. The number of aryl methyl sites for hydroxylation is 1. The molecular weight excluding hydrogens is 455 g/mol. The molecule has 3 nitrogen and oxygen atoms in total. The first-order chi connectivity index (χ1) is 12.2. The lowest BCUT2D eigenvalue weighted by Gasteiger charge is -2.14. The maximum atomic E-state index is 5.37. The average Bonchev–Trinajstić information content (AvgIpc) is 2.96. The van der Waals surface area contributed by atoms with Crippen LogP contribution in [0.1, 0.15) is 12.6 Å². The zero-order chi connectivity index (χ0) is 17.4. The van der Waals surface area contributed by atoms with Crippen LogP contribution in [0.25, 0.3) is 17.0 Å². The first-order valence-corrected chi connectivity index (χ1v) is 9.26. The number of fused-ring (bicyclic) bond motifs is 2. The van der Waals surface area contributed by atoms with Gasteiger partial charge < -0.3 is 33.6 Å². The van der Waals surface area contributed by atoms with Crippen molar-refractivity contribution in [2.45, 2.75) is 18.4 Å². The molecule has 3 aromatic rings. The number of hydrogen-bond acceptors (Lipinski definition) is 3. The molecule has 0 spiro atoms. The molecule has 0 N–H and O–H groups in total. The lowest BCUT2D eigenvalue weighted by atomic mass is 10.2. The highest BCUT2D eigenvalue weighted by Gasteiger charge is 2.24. The zero-order valence-corrected chi connectivity index (χ0v) is 18.0. The van der Waals surface area contributed by atoms with Crippen molar-refractivity contribution in [3.63, 3.8) is 0 Å². The summed E-state index contributed by atoms with van der Waals surface area (Å²) in [6.07, 6.45) is 2.27. The number of rotatable bonds is 3. The van der Waals surface area contributed by atoms with Gasteiger partial charge in [-0.05, 0) is 31.2 Å². The minimum Gasteiger partial charge on any atom is -1.00 e. The molecule has 0 saturated carbocycles. The van der Waals surface area contributed by atoms with Crippen LogP contribution >= 0.6 is 11.8 Å². The predicted molar refractivity (Wildman–Crippen MR) is 105 cm³/mol. The molecule has 2 aromatic carbocycles. The van der Waals surface area contributed by atoms with E-state index in [1.165, 1.54) is 32.2 Å². The summed E-state index contributed by atoms with van der Waals surface area (Å²) >= 11 is 1.80. The highest BCUT2D eigenvalue weighted by molar-refractivity contribution is 8.03. The van der Waals surface area contributed by atoms with E-state index < -0.39 is 0 Å². The van der Waals surface area contributed by atoms with Crippen LogP contribution in [-0.2, 0) is 6.54 Å². The van der Waals surface area contributed by atoms with Gasteiger partial charge in [0.15, 0.2) is 0 Å². The number of aromatic nitrogens is 1. The van der Waals surface area contributed by atoms with Gasteiger partial charge in [-0.15, -0.1) is 0 Å². The summed E-state index contributed by atoms with van der Waals surface area (Å²) in [5.74, 6) is 0.891. The third-order valence-corrected chi connectivity index (χ3v) is 5.80. The van der Waals surface area contributed by atoms with Crippen LogP contribution in [-0.4, -0.2) is 14.2 Å². The van der Waals surface area contributed by atoms with Crippen LogP contribution in [0, 0.1) is 0 Å². The number of nitrogens with zero attached hydrogens (tertiary/aromatic N) is 2. The Balaban J connectivity index is 0.00000196. The maximum absolute atomic E-state index is 5.37. The van der Waals surface area contributed by atoms with Crippen LogP contribution in [0.15, 0.2) is 64.5 Å². The molecule has 4 rings (SSSR count). The third-order valence-electron chi connectivity index (χ3n) is 4.63. The normalized spacial score (nSPS) is 14.4. The standard InChI is InChI=1S/C21H21N2OS.HI/c1-4-23-16(10-9-15-7-5-6-8-18(15)23)13-21-22(2)19-14-17(24-3)11-12-20(19)25-21;/h5-14H,4H2,1-3H3;1H/q+1;/p-1. The van der Waals surface area contributed by atoms with Crippen molar-refractivity contribution in [2.24, 2.45) is 0 Å². The van der Waals surface area contributed by atoms with Crippen molar-refractivity contribution in [3.05, 3.63) is 65.3 Å². The van der Waals surface area contributed by atoms with Crippen molar-refractivity contribution in [2.75, 3.05) is 19.1 Å². The Morgan fingerprint density at radius 2 is 1.92 bits per heavy atom. The van der Waals surface area contributed by atoms with E-state index in [1.54, 1.807) is 18.9 Å². The van der Waals surface area contributed by atoms with E-state index in [9.17, 15) is 0 Å². The van der Waals surface area contributed by atoms with Gasteiger partial charge in [-0.2, -0.15) is 4.57 Å². The number of hydrogen-bond donors (Lipinski definition) is 0. The predicted octanol–water partition coefficient (Wildman–Crippen LogP) is 1.70. The van der Waals surface area contributed by atoms with Gasteiger partial charge in [-0.1, -0.05) is 23.9 Å². The Morgan fingerprint density at radius 1 is 1.12 bits per heavy atom. The van der Waals surface area contributed by atoms with E-state index in [1.807, 2.05) is 6.07 Å². The van der Waals surface area contributed by atoms with Crippen molar-refractivity contribution in [1.29, 1.82) is 0 Å². The Hall–Kier alpha value is -1.73. The molecule has 0 aliphatic carbocycles. The molecule has 0 fully saturated rings. The molecule has 0 saturated heterocycles. The Bertz CT molecular complexity index is 987. The number of halogens is 1. The molecule has 134 valence electrons. The number of pyridine rings is 1. The third kappa shape index (κ3) is 3.30. The average molecular weight is 476 g/mol. The summed E-state index contributed by atoms with van der Waals surface area (Å²) in [5, 5.41) is 2.49. The number of para-hydroxylation sites is 1. The molecular formula is C21H21IN2OS. The minimum atomic E-state index is 0. The van der Waals surface area contributed by atoms with Crippen molar-refractivity contribution < 1.29 is 33.3 Å². The number of anilines is 1. The fourth-order valence-corrected chi connectivity index (χ4v) is 4.36. The molecule has 0 atom stereocenters. The van der Waals surface area contributed by atoms with Crippen LogP contribution in [0.5, 0.6) is 5.75 Å². The second kappa shape index (κ2) is 7.88. The van der Waals surface area contributed by atoms with E-state index in [4.69, 9.17) is 4.74 Å². The lowest BCUT2D eigenvalue weighted by Crippen LogP contribution is -3.00. The van der Waals surface area contributed by atoms with E-state index in [-0.39, 0.29) is 24.0 Å². The summed E-state index contributed by atoms with van der Waals surface area (Å²) in [6, 6.07) is 19.2. The van der Waals surface area contributed by atoms with Gasteiger partial charge in [0, 0.05) is 41.6 Å². The highest BCUT2D eigenvalue weighted by atomic mass is 127. The van der Waals surface area contributed by atoms with Gasteiger partial charge in [-0.25, -0.2) is 0 Å². The van der Waals surface area contributed by atoms with E-state index in [0.717, 1.165) is 12.3 Å². The Kier molecular flexibility index (Phi) is 5.77. The molecule has 0 amide bonds. The van der Waals surface area contributed by atoms with Crippen molar-refractivity contribution in [1.82, 2.24) is 0 Å². The molecule has 1 aromatic heterocycles. The monoisotopic (exact) mass is 476 g/mol. The number of thioether (sulfide) groups is 1. The van der Waals surface area contributed by atoms with Gasteiger partial charge in [0.2, 0.25) is 11.2 Å². The molecule has 0 radical (unpaired) electrons. The molecule has 1 aliphatic heterocycles. The van der Waals surface area contributed by atoms with Crippen molar-refractivity contribution in [3.8, 4) is 5.75 Å². The minimum absolute atomic E-state index is 0. The molecule has 0 bridgehead atoms. The van der Waals surface area contributed by atoms with Gasteiger partial charge in [0.05, 0.1) is 17.8 Å². The van der Waals surface area contributed by atoms with E-state index >= 15 is 0 Å². The number of benzene rings is 2. The Labute approximate surface area is 175 Å². The first kappa shape index (κ1) is 19.0. The summed E-state index contributed by atoms with van der Waals surface area (Å²) in [7, 11) is 3.82. The van der Waals surface area contributed by atoms with Gasteiger partial charge in [0.1, 0.15) is 12.3 Å². The largest absolute Gasteiger partial charge is 1.00 e. The molecule has 26 heavy (non-hydrogen) atoms. The lowest BCUT2D eigenvalue weighted by molar-refractivity contribution is -0.669. The van der Waals surface area contributed by atoms with Crippen LogP contribution in [0.2, 0.25) is 0 Å². The molecule has 1 aliphatic rings. The maximum Gasteiger partial charge on any atom is 0.212 e. The fourth-order valence-electron chi connectivity index (χ4n) is 3.28. The SMILES string of the molecule is CC[n+]1c(/C=C2/Sc3ccc(OC)cc3N2C)ccc2ccccc21.[I-]. The first-order valence-electron chi connectivity index (χ1n) is 8.44. The number of methoxy groups -OCH3 is 1. The van der Waals surface area contributed by atoms with Gasteiger partial charge in [-0.3, -0.25) is 0 Å². The Morgan fingerprint density at radius 3 is 2.69 bits per heavy atom. The fraction of sp³-hybridized carbons (Fsp3) is 0.190. The summed E-state index contributed by atoms with van der Waals surface area (Å²) in [4.78, 5) is 3.50. The second-order valence-electron chi connectivity index (χ2n) is 6.04. The van der Waals surface area contributed by atoms with E-state index in [0.29, 0.717) is 0 Å². The topological polar surface area (TPSA) is 16.4 Å². The zero-order valence-electron chi connectivity index (χ0n) is 15.1. The van der Waals surface area contributed by atoms with Gasteiger partial charge >= 0.3 is 0 Å². The quantitative estimate of drug-likeness (QED) is 0.423. The van der Waals surface area contributed by atoms with Crippen LogP contribution < -0.4 is 38.2 Å². The van der Waals surface area contributed by atoms with Crippen LogP contribution in [0.4, 0.5) is 5.69 Å². The van der Waals surface area contributed by atoms with Gasteiger partial charge in [0.25, 0.3) is 0 Å². The molecule has 0 unspecified atom stereocenters. The van der Waals surface area contributed by atoms with Crippen molar-refractivity contribution >= 4 is 34.4 Å². The summed E-state index contributed by atoms with van der Waals surface area (Å²) < 4.78 is 7.73. The van der Waals surface area contributed by atoms with Crippen LogP contribution in [0.3, 0.4) is 0 Å². The molecule has 2 heterocycles. The summed E-state index contributed by atoms with van der Waals surface area (Å²) in [5.41, 5.74) is 3.68. The molecule has 5 heteroatoms. The van der Waals surface area contributed by atoms with E-state index in [2.05, 4.69) is 78.0 Å². The summed E-state index contributed by atoms with van der Waals surface area (Å²) in [6.45, 7) is 3.13. The highest BCUT2D eigenvalue weighted by Crippen LogP contribution is 2.46.